The number of para-hydroxylation sites is 1. The van der Waals surface area contributed by atoms with Crippen LogP contribution in [0.4, 0.5) is 34.6 Å². The van der Waals surface area contributed by atoms with Gasteiger partial charge in [-0.3, -0.25) is 5.04 Å². The molecule has 1 aromatic heterocycles. The molecule has 4 aromatic carbocycles. The minimum Gasteiger partial charge on any atom is -0.744 e. The van der Waals surface area contributed by atoms with Crippen LogP contribution in [0.15, 0.2) is 91.6 Å². The molecule has 19 nitrogen and oxygen atoms in total. The van der Waals surface area contributed by atoms with Crippen LogP contribution in [0.25, 0.3) is 10.8 Å². The van der Waals surface area contributed by atoms with Crippen LogP contribution in [0.5, 0.6) is 11.8 Å². The summed E-state index contributed by atoms with van der Waals surface area (Å²) < 4.78 is 44.8. The van der Waals surface area contributed by atoms with Crippen LogP contribution < -0.4 is 75.0 Å². The second-order valence-corrected chi connectivity index (χ2v) is 11.9. The fraction of sp³-hybridized carbons (Fsp3) is 0. The first-order chi connectivity index (χ1) is 23.0. The van der Waals surface area contributed by atoms with Crippen molar-refractivity contribution in [3.63, 3.8) is 0 Å². The smallest absolute Gasteiger partial charge is 0.744 e. The van der Waals surface area contributed by atoms with Gasteiger partial charge < -0.3 is 35.8 Å². The molecule has 0 atom stereocenters. The molecule has 0 saturated carbocycles. The number of aromatic hydroxyl groups is 2. The topological polar surface area (TPSA) is 293 Å². The van der Waals surface area contributed by atoms with Gasteiger partial charge in [-0.1, -0.05) is 24.3 Å². The number of aromatic nitrogens is 3. The molecule has 0 aliphatic heterocycles. The Kier molecular flexibility index (Phi) is 15.1. The standard InChI is InChI=1S/C26H19N7O12S3.2Na/c34-22-20-12(10-19(47-45-43-38)21(22)33-32-15-6-2-1-5-14(15)23(35)36)9-13(48(40,41)42)11-17(20)28-25-29-24(30-26(37)31-25)27-16-7-3-4-8-18(16)46-44-39;;/h1-11,34,38-39H,(H,35,36)(H,40,41,42)(H3,27,28,29,30,31,37);;/q;2*+1/p-2. The number of nitrogens with zero attached hydrogens (tertiary/aromatic N) is 5. The zero-order valence-corrected chi connectivity index (χ0v) is 31.8. The van der Waals surface area contributed by atoms with E-state index in [1.165, 1.54) is 30.3 Å². The quantitative estimate of drug-likeness (QED) is 0.0202. The Balaban J connectivity index is 0.00000338. The Hall–Kier alpha value is -3.17. The molecular weight excluding hydrogens is 745 g/mol. The molecule has 0 spiro atoms. The maximum atomic E-state index is 12.1. The van der Waals surface area contributed by atoms with Gasteiger partial charge in [0.05, 0.1) is 55.7 Å². The van der Waals surface area contributed by atoms with Gasteiger partial charge in [-0.2, -0.15) is 23.6 Å². The average molecular weight is 762 g/mol. The SMILES string of the molecule is O=C(O)c1ccccc1N=Nc1c(SOO[O-])cc2cc(S(=O)(=O)[O-])cc(Nc3nc(O)nc(Nc4ccccc4SOO)n3)c2c1O.[Na+].[Na+]. The Morgan fingerprint density at radius 2 is 1.52 bits per heavy atom. The number of nitrogens with one attached hydrogen (secondary N) is 2. The molecule has 0 saturated heterocycles. The first-order valence-electron chi connectivity index (χ1n) is 12.7. The van der Waals surface area contributed by atoms with Gasteiger partial charge in [0, 0.05) is 5.39 Å². The molecule has 0 aliphatic rings. The number of carbonyl (C=O) groups is 1. The first kappa shape index (κ1) is 41.3. The molecule has 5 aromatic rings. The molecule has 50 heavy (non-hydrogen) atoms. The molecule has 24 heteroatoms. The molecule has 0 radical (unpaired) electrons. The summed E-state index contributed by atoms with van der Waals surface area (Å²) in [5, 5.41) is 67.0. The van der Waals surface area contributed by atoms with Gasteiger partial charge in [0.2, 0.25) is 11.9 Å². The summed E-state index contributed by atoms with van der Waals surface area (Å²) in [4.78, 5) is 22.8. The van der Waals surface area contributed by atoms with E-state index in [0.29, 0.717) is 22.6 Å². The van der Waals surface area contributed by atoms with E-state index >= 15 is 0 Å². The normalized spacial score (nSPS) is 11.2. The largest absolute Gasteiger partial charge is 1.00 e. The van der Waals surface area contributed by atoms with E-state index < -0.39 is 44.4 Å². The van der Waals surface area contributed by atoms with Crippen LogP contribution >= 0.6 is 24.1 Å². The number of hydrogen-bond acceptors (Lipinski definition) is 20. The molecule has 0 amide bonds. The van der Waals surface area contributed by atoms with E-state index in [1.807, 2.05) is 0 Å². The minimum absolute atomic E-state index is 0. The Morgan fingerprint density at radius 3 is 2.18 bits per heavy atom. The number of benzene rings is 4. The summed E-state index contributed by atoms with van der Waals surface area (Å²) in [6.07, 6.45) is 0. The van der Waals surface area contributed by atoms with Gasteiger partial charge in [0.25, 0.3) is 0 Å². The Bertz CT molecular complexity index is 2170. The molecule has 1 heterocycles. The third-order valence-corrected chi connectivity index (χ3v) is 8.12. The predicted molar refractivity (Wildman–Crippen MR) is 163 cm³/mol. The third kappa shape index (κ3) is 9.99. The van der Waals surface area contributed by atoms with Crippen molar-refractivity contribution in [2.45, 2.75) is 14.7 Å². The number of hydrogen-bond donors (Lipinski definition) is 6. The molecule has 0 bridgehead atoms. The summed E-state index contributed by atoms with van der Waals surface area (Å²) in [5.41, 5.74) is -0.693. The van der Waals surface area contributed by atoms with Crippen LogP contribution in [0.3, 0.4) is 0 Å². The number of carboxylic acid groups (broad SMARTS) is 1. The monoisotopic (exact) mass is 761 g/mol. The van der Waals surface area contributed by atoms with Gasteiger partial charge in [0.15, 0.2) is 5.75 Å². The van der Waals surface area contributed by atoms with Gasteiger partial charge in [-0.25, -0.2) is 18.5 Å². The van der Waals surface area contributed by atoms with Crippen LogP contribution in [0.1, 0.15) is 10.4 Å². The van der Waals surface area contributed by atoms with Crippen molar-refractivity contribution in [1.29, 1.82) is 0 Å². The summed E-state index contributed by atoms with van der Waals surface area (Å²) in [5.74, 6) is -2.68. The average Bonchev–Trinajstić information content (AvgIpc) is 3.03. The van der Waals surface area contributed by atoms with Crippen LogP contribution in [0, 0.1) is 0 Å². The predicted octanol–water partition coefficient (Wildman–Crippen LogP) is -1.32. The molecule has 0 aliphatic carbocycles. The Labute approximate surface area is 333 Å². The number of azo groups is 1. The van der Waals surface area contributed by atoms with Crippen molar-refractivity contribution in [2.75, 3.05) is 10.6 Å². The van der Waals surface area contributed by atoms with Crippen molar-refractivity contribution < 1.29 is 116 Å². The summed E-state index contributed by atoms with van der Waals surface area (Å²) in [6, 6.07) is 14.1. The van der Waals surface area contributed by atoms with E-state index in [-0.39, 0.29) is 110 Å². The van der Waals surface area contributed by atoms with Crippen molar-refractivity contribution in [3.8, 4) is 11.8 Å². The van der Waals surface area contributed by atoms with Gasteiger partial charge in [-0.15, -0.1) is 10.2 Å². The van der Waals surface area contributed by atoms with Crippen LogP contribution in [-0.4, -0.2) is 54.5 Å². The number of rotatable bonds is 13. The number of fused-ring (bicyclic) bond motifs is 1. The van der Waals surface area contributed by atoms with E-state index in [0.717, 1.165) is 12.1 Å². The molecular formula is C26H17N7Na2O12S3. The minimum atomic E-state index is -5.12. The maximum absolute atomic E-state index is 12.1. The fourth-order valence-corrected chi connectivity index (χ4v) is 5.61. The number of aromatic carboxylic acids is 1. The number of anilines is 4. The zero-order chi connectivity index (χ0) is 34.4. The van der Waals surface area contributed by atoms with Crippen molar-refractivity contribution >= 4 is 85.6 Å². The van der Waals surface area contributed by atoms with Crippen molar-refractivity contribution in [2.24, 2.45) is 10.2 Å². The number of carboxylic acids is 1. The van der Waals surface area contributed by atoms with E-state index in [2.05, 4.69) is 49.5 Å². The van der Waals surface area contributed by atoms with E-state index in [1.54, 1.807) is 24.3 Å². The summed E-state index contributed by atoms with van der Waals surface area (Å²) >= 11 is 0.840. The second kappa shape index (κ2) is 18.4. The van der Waals surface area contributed by atoms with E-state index in [9.17, 15) is 38.3 Å². The second-order valence-electron chi connectivity index (χ2n) is 9.02. The van der Waals surface area contributed by atoms with E-state index in [4.69, 9.17) is 5.26 Å². The molecule has 248 valence electrons. The van der Waals surface area contributed by atoms with Gasteiger partial charge >= 0.3 is 71.1 Å². The van der Waals surface area contributed by atoms with Crippen LogP contribution in [0.2, 0.25) is 0 Å². The fourth-order valence-electron chi connectivity index (χ4n) is 4.16. The first-order valence-corrected chi connectivity index (χ1v) is 15.6. The third-order valence-electron chi connectivity index (χ3n) is 6.09. The zero-order valence-electron chi connectivity index (χ0n) is 25.4. The van der Waals surface area contributed by atoms with Crippen molar-refractivity contribution in [1.82, 2.24) is 15.0 Å². The van der Waals surface area contributed by atoms with Crippen LogP contribution in [-0.2, 0) is 23.8 Å². The summed E-state index contributed by atoms with van der Waals surface area (Å²) in [7, 11) is -5.12. The molecule has 0 unspecified atom stereocenters. The van der Waals surface area contributed by atoms with Gasteiger partial charge in [0.1, 0.15) is 21.5 Å². The molecule has 5 rings (SSSR count). The van der Waals surface area contributed by atoms with Crippen molar-refractivity contribution in [3.05, 3.63) is 72.3 Å². The number of phenols is 1. The molecule has 0 fully saturated rings. The summed E-state index contributed by atoms with van der Waals surface area (Å²) in [6.45, 7) is 0. The molecule has 6 N–H and O–H groups in total. The maximum Gasteiger partial charge on any atom is 1.00 e. The Morgan fingerprint density at radius 1 is 0.860 bits per heavy atom. The van der Waals surface area contributed by atoms with Gasteiger partial charge in [-0.05, 0) is 47.9 Å². The number of phenolic OH excluding ortho intramolecular Hbond substituents is 1.